The molecule has 0 fully saturated rings. The molecule has 0 aromatic heterocycles. The Morgan fingerprint density at radius 2 is 1.43 bits per heavy atom. The lowest BCUT2D eigenvalue weighted by atomic mass is 10.1. The molecule has 0 aliphatic heterocycles. The van der Waals surface area contributed by atoms with Gasteiger partial charge in [-0.3, -0.25) is 0 Å². The Labute approximate surface area is 88.8 Å². The number of nitrogens with one attached hydrogen (secondary N) is 2. The fourth-order valence-electron chi connectivity index (χ4n) is 1.31. The predicted octanol–water partition coefficient (Wildman–Crippen LogP) is 0.909. The van der Waals surface area contributed by atoms with E-state index < -0.39 is 0 Å². The van der Waals surface area contributed by atoms with E-state index in [-0.39, 0.29) is 0 Å². The molecule has 0 saturated heterocycles. The summed E-state index contributed by atoms with van der Waals surface area (Å²) in [5.41, 5.74) is 5.35. The van der Waals surface area contributed by atoms with Crippen LogP contribution in [0, 0.1) is 6.92 Å². The molecule has 0 amide bonds. The van der Waals surface area contributed by atoms with Gasteiger partial charge in [-0.1, -0.05) is 32.6 Å². The summed E-state index contributed by atoms with van der Waals surface area (Å²) in [7, 11) is 0. The molecule has 0 heterocycles. The van der Waals surface area contributed by atoms with E-state index in [1.54, 1.807) is 0 Å². The largest absolute Gasteiger partial charge is 0.329 e. The monoisotopic (exact) mass is 200 g/mol. The van der Waals surface area contributed by atoms with Gasteiger partial charge in [0.2, 0.25) is 0 Å². The smallest absolute Gasteiger partial charge is 0.00772 e. The zero-order valence-corrected chi connectivity index (χ0v) is 9.36. The van der Waals surface area contributed by atoms with E-state index in [4.69, 9.17) is 5.73 Å². The predicted molar refractivity (Wildman–Crippen MR) is 63.2 cm³/mol. The van der Waals surface area contributed by atoms with Crippen molar-refractivity contribution in [3.63, 3.8) is 0 Å². The van der Waals surface area contributed by atoms with Gasteiger partial charge in [-0.15, -0.1) is 0 Å². The summed E-state index contributed by atoms with van der Waals surface area (Å²) in [6, 6.07) is 0. The van der Waals surface area contributed by atoms with Gasteiger partial charge in [-0.25, -0.2) is 0 Å². The first kappa shape index (κ1) is 13.9. The molecule has 14 heavy (non-hydrogen) atoms. The molecule has 0 rings (SSSR count). The van der Waals surface area contributed by atoms with Crippen molar-refractivity contribution in [1.29, 1.82) is 0 Å². The Bertz CT molecular complexity index is 84.5. The molecule has 0 saturated carbocycles. The first-order chi connectivity index (χ1) is 6.91. The first-order valence-electron chi connectivity index (χ1n) is 5.82. The van der Waals surface area contributed by atoms with Gasteiger partial charge in [0.05, 0.1) is 0 Å². The highest BCUT2D eigenvalue weighted by molar-refractivity contribution is 4.53. The Kier molecular flexibility index (Phi) is 12.8. The molecule has 3 heteroatoms. The minimum Gasteiger partial charge on any atom is -0.329 e. The van der Waals surface area contributed by atoms with E-state index in [2.05, 4.69) is 17.6 Å². The van der Waals surface area contributed by atoms with Gasteiger partial charge in [0, 0.05) is 26.2 Å². The molecule has 1 radical (unpaired) electrons. The number of nitrogens with two attached hydrogens (primary N) is 1. The summed E-state index contributed by atoms with van der Waals surface area (Å²) >= 11 is 0. The highest BCUT2D eigenvalue weighted by Gasteiger charge is 1.89. The van der Waals surface area contributed by atoms with Gasteiger partial charge in [0.1, 0.15) is 0 Å². The van der Waals surface area contributed by atoms with Gasteiger partial charge in [0.15, 0.2) is 0 Å². The molecule has 0 aromatic rings. The average Bonchev–Trinajstić information content (AvgIpc) is 2.21. The number of unbranched alkanes of at least 4 members (excludes halogenated alkanes) is 4. The van der Waals surface area contributed by atoms with E-state index in [0.717, 1.165) is 39.1 Å². The second kappa shape index (κ2) is 12.9. The Hall–Kier alpha value is -0.120. The second-order valence-corrected chi connectivity index (χ2v) is 3.56. The zero-order valence-electron chi connectivity index (χ0n) is 9.36. The summed E-state index contributed by atoms with van der Waals surface area (Å²) in [5.74, 6) is 0. The number of hydrogen-bond acceptors (Lipinski definition) is 3. The van der Waals surface area contributed by atoms with Crippen LogP contribution in [0.25, 0.3) is 0 Å². The summed E-state index contributed by atoms with van der Waals surface area (Å²) in [6.45, 7) is 8.69. The van der Waals surface area contributed by atoms with Crippen molar-refractivity contribution in [2.45, 2.75) is 32.1 Å². The fourth-order valence-corrected chi connectivity index (χ4v) is 1.31. The Morgan fingerprint density at radius 1 is 0.786 bits per heavy atom. The van der Waals surface area contributed by atoms with Crippen LogP contribution >= 0.6 is 0 Å². The van der Waals surface area contributed by atoms with Crippen LogP contribution in [0.4, 0.5) is 0 Å². The van der Waals surface area contributed by atoms with Gasteiger partial charge >= 0.3 is 0 Å². The lowest BCUT2D eigenvalue weighted by Crippen LogP contribution is -2.31. The van der Waals surface area contributed by atoms with Crippen molar-refractivity contribution in [1.82, 2.24) is 10.6 Å². The standard InChI is InChI=1S/C11H26N3/c1-2-3-4-5-6-8-13-10-11-14-9-7-12/h13-14H,1-12H2. The molecule has 3 nitrogen and oxygen atoms in total. The summed E-state index contributed by atoms with van der Waals surface area (Å²) in [5, 5.41) is 6.65. The van der Waals surface area contributed by atoms with Crippen molar-refractivity contribution in [3.8, 4) is 0 Å². The van der Waals surface area contributed by atoms with Gasteiger partial charge < -0.3 is 16.4 Å². The molecular formula is C11H26N3. The zero-order chi connectivity index (χ0) is 10.5. The van der Waals surface area contributed by atoms with E-state index in [1.165, 1.54) is 25.7 Å². The third-order valence-corrected chi connectivity index (χ3v) is 2.15. The van der Waals surface area contributed by atoms with Crippen LogP contribution in [0.15, 0.2) is 0 Å². The lowest BCUT2D eigenvalue weighted by molar-refractivity contribution is 0.569. The van der Waals surface area contributed by atoms with Gasteiger partial charge in [-0.05, 0) is 13.0 Å². The summed E-state index contributed by atoms with van der Waals surface area (Å²) in [6.07, 6.45) is 6.31. The minimum absolute atomic E-state index is 0.727. The SMILES string of the molecule is [CH2]CCCCCCNCCNCCN. The molecule has 0 aromatic carbocycles. The van der Waals surface area contributed by atoms with E-state index in [9.17, 15) is 0 Å². The summed E-state index contributed by atoms with van der Waals surface area (Å²) in [4.78, 5) is 0. The quantitative estimate of drug-likeness (QED) is 0.435. The molecule has 0 unspecified atom stereocenters. The average molecular weight is 200 g/mol. The van der Waals surface area contributed by atoms with E-state index in [0.29, 0.717) is 0 Å². The topological polar surface area (TPSA) is 50.1 Å². The normalized spacial score (nSPS) is 10.7. The lowest BCUT2D eigenvalue weighted by Gasteiger charge is -2.05. The Morgan fingerprint density at radius 3 is 2.07 bits per heavy atom. The molecule has 0 aliphatic rings. The molecular weight excluding hydrogens is 174 g/mol. The minimum atomic E-state index is 0.727. The first-order valence-corrected chi connectivity index (χ1v) is 5.82. The van der Waals surface area contributed by atoms with Crippen molar-refractivity contribution in [2.24, 2.45) is 5.73 Å². The van der Waals surface area contributed by atoms with E-state index >= 15 is 0 Å². The van der Waals surface area contributed by atoms with E-state index in [1.807, 2.05) is 0 Å². The number of rotatable bonds is 11. The van der Waals surface area contributed by atoms with Crippen molar-refractivity contribution in [2.75, 3.05) is 32.7 Å². The van der Waals surface area contributed by atoms with Crippen LogP contribution in [0.3, 0.4) is 0 Å². The maximum absolute atomic E-state index is 5.35. The fraction of sp³-hybridized carbons (Fsp3) is 0.909. The maximum atomic E-state index is 5.35. The molecule has 0 aliphatic carbocycles. The molecule has 85 valence electrons. The second-order valence-electron chi connectivity index (χ2n) is 3.56. The third-order valence-electron chi connectivity index (χ3n) is 2.15. The Balaban J connectivity index is 2.78. The van der Waals surface area contributed by atoms with Crippen molar-refractivity contribution >= 4 is 0 Å². The number of hydrogen-bond donors (Lipinski definition) is 3. The third kappa shape index (κ3) is 11.9. The molecule has 0 bridgehead atoms. The molecule has 0 atom stereocenters. The van der Waals surface area contributed by atoms with Crippen LogP contribution < -0.4 is 16.4 Å². The molecule has 0 spiro atoms. The van der Waals surface area contributed by atoms with Gasteiger partial charge in [-0.2, -0.15) is 0 Å². The van der Waals surface area contributed by atoms with Gasteiger partial charge in [0.25, 0.3) is 0 Å². The van der Waals surface area contributed by atoms with Crippen LogP contribution in [0.5, 0.6) is 0 Å². The highest BCUT2D eigenvalue weighted by atomic mass is 14.9. The highest BCUT2D eigenvalue weighted by Crippen LogP contribution is 2.00. The maximum Gasteiger partial charge on any atom is 0.00772 e. The van der Waals surface area contributed by atoms with Crippen LogP contribution in [-0.4, -0.2) is 32.7 Å². The van der Waals surface area contributed by atoms with Crippen LogP contribution in [-0.2, 0) is 0 Å². The molecule has 4 N–H and O–H groups in total. The van der Waals surface area contributed by atoms with Crippen molar-refractivity contribution < 1.29 is 0 Å². The van der Waals surface area contributed by atoms with Crippen LogP contribution in [0.2, 0.25) is 0 Å². The van der Waals surface area contributed by atoms with Crippen molar-refractivity contribution in [3.05, 3.63) is 6.92 Å². The summed E-state index contributed by atoms with van der Waals surface area (Å²) < 4.78 is 0. The van der Waals surface area contributed by atoms with Crippen LogP contribution in [0.1, 0.15) is 32.1 Å².